The van der Waals surface area contributed by atoms with Crippen molar-refractivity contribution in [1.29, 1.82) is 0 Å². The minimum absolute atomic E-state index is 0.264. The Morgan fingerprint density at radius 1 is 1.04 bits per heavy atom. The maximum Gasteiger partial charge on any atom is 0.351 e. The van der Waals surface area contributed by atoms with Crippen LogP contribution in [-0.2, 0) is 9.53 Å². The molecule has 0 fully saturated rings. The second-order valence-corrected chi connectivity index (χ2v) is 7.03. The molecule has 1 heterocycles. The Labute approximate surface area is 162 Å². The first-order chi connectivity index (χ1) is 13.1. The third-order valence-corrected chi connectivity index (χ3v) is 4.93. The fourth-order valence-electron chi connectivity index (χ4n) is 2.74. The number of likely N-dealkylation sites (N-methyl/N-ethyl adjacent to an activating group) is 1. The first kappa shape index (κ1) is 18.8. The molecule has 2 aromatic carbocycles. The van der Waals surface area contributed by atoms with Gasteiger partial charge < -0.3 is 9.64 Å². The Balaban J connectivity index is 1.72. The molecular weight excluding hydrogens is 360 g/mol. The summed E-state index contributed by atoms with van der Waals surface area (Å²) in [5, 5.41) is 0.770. The highest BCUT2D eigenvalue weighted by Crippen LogP contribution is 2.28. The summed E-state index contributed by atoms with van der Waals surface area (Å²) < 4.78 is 5.31. The molecule has 1 amide bonds. The first-order valence-corrected chi connectivity index (χ1v) is 9.47. The predicted molar refractivity (Wildman–Crippen MR) is 107 cm³/mol. The van der Waals surface area contributed by atoms with Gasteiger partial charge >= 0.3 is 5.97 Å². The Bertz CT molecular complexity index is 923. The zero-order chi connectivity index (χ0) is 19.2. The van der Waals surface area contributed by atoms with E-state index in [4.69, 9.17) is 4.74 Å². The van der Waals surface area contributed by atoms with Crippen LogP contribution in [0.3, 0.4) is 0 Å². The third-order valence-electron chi connectivity index (χ3n) is 3.98. The number of carbonyl (C=O) groups excluding carboxylic acids is 2. The number of benzene rings is 2. The standard InChI is InChI=1S/C21H20N2O3S/c1-3-23(17-12-8-5-9-13-17)18(24)14-26-21(25)20-19(22-15(2)27-20)16-10-6-4-7-11-16/h4-13H,3,14H2,1-2H3. The smallest absolute Gasteiger partial charge is 0.351 e. The Kier molecular flexibility index (Phi) is 5.98. The molecule has 5 nitrogen and oxygen atoms in total. The Morgan fingerprint density at radius 3 is 2.30 bits per heavy atom. The van der Waals surface area contributed by atoms with E-state index in [-0.39, 0.29) is 12.5 Å². The minimum Gasteiger partial charge on any atom is -0.451 e. The van der Waals surface area contributed by atoms with Crippen molar-refractivity contribution in [2.75, 3.05) is 18.1 Å². The number of ether oxygens (including phenoxy) is 1. The van der Waals surface area contributed by atoms with Crippen LogP contribution in [0.4, 0.5) is 5.69 Å². The highest BCUT2D eigenvalue weighted by Gasteiger charge is 2.22. The van der Waals surface area contributed by atoms with Crippen LogP contribution in [0.15, 0.2) is 60.7 Å². The number of hydrogen-bond acceptors (Lipinski definition) is 5. The van der Waals surface area contributed by atoms with Gasteiger partial charge in [0.2, 0.25) is 0 Å². The summed E-state index contributed by atoms with van der Waals surface area (Å²) in [5.74, 6) is -0.795. The van der Waals surface area contributed by atoms with E-state index < -0.39 is 5.97 Å². The van der Waals surface area contributed by atoms with Gasteiger partial charge in [0.25, 0.3) is 5.91 Å². The molecule has 1 aromatic heterocycles. The molecule has 3 aromatic rings. The van der Waals surface area contributed by atoms with Crippen LogP contribution in [0.1, 0.15) is 21.6 Å². The number of rotatable bonds is 6. The van der Waals surface area contributed by atoms with Gasteiger partial charge in [-0.15, -0.1) is 11.3 Å². The number of nitrogens with zero attached hydrogens (tertiary/aromatic N) is 2. The van der Waals surface area contributed by atoms with E-state index >= 15 is 0 Å². The number of esters is 1. The molecule has 0 spiro atoms. The van der Waals surface area contributed by atoms with Gasteiger partial charge in [0, 0.05) is 17.8 Å². The fourth-order valence-corrected chi connectivity index (χ4v) is 3.57. The maximum atomic E-state index is 12.6. The summed E-state index contributed by atoms with van der Waals surface area (Å²) in [6.07, 6.45) is 0. The van der Waals surface area contributed by atoms with Crippen molar-refractivity contribution >= 4 is 28.9 Å². The molecule has 3 rings (SSSR count). The van der Waals surface area contributed by atoms with E-state index in [9.17, 15) is 9.59 Å². The van der Waals surface area contributed by atoms with E-state index in [1.807, 2.05) is 74.5 Å². The lowest BCUT2D eigenvalue weighted by Crippen LogP contribution is -2.34. The summed E-state index contributed by atoms with van der Waals surface area (Å²) >= 11 is 1.27. The molecule has 0 saturated heterocycles. The highest BCUT2D eigenvalue weighted by atomic mass is 32.1. The quantitative estimate of drug-likeness (QED) is 0.597. The predicted octanol–water partition coefficient (Wildman–Crippen LogP) is 4.33. The molecule has 0 aliphatic heterocycles. The summed E-state index contributed by atoms with van der Waals surface area (Å²) in [4.78, 5) is 31.5. The van der Waals surface area contributed by atoms with Crippen molar-refractivity contribution in [1.82, 2.24) is 4.98 Å². The lowest BCUT2D eigenvalue weighted by Gasteiger charge is -2.20. The largest absolute Gasteiger partial charge is 0.451 e. The van der Waals surface area contributed by atoms with Gasteiger partial charge in [-0.1, -0.05) is 48.5 Å². The number of aryl methyl sites for hydroxylation is 1. The van der Waals surface area contributed by atoms with Crippen molar-refractivity contribution in [3.8, 4) is 11.3 Å². The van der Waals surface area contributed by atoms with Crippen LogP contribution >= 0.6 is 11.3 Å². The number of para-hydroxylation sites is 1. The highest BCUT2D eigenvalue weighted by molar-refractivity contribution is 7.14. The number of anilines is 1. The van der Waals surface area contributed by atoms with E-state index in [0.717, 1.165) is 16.3 Å². The van der Waals surface area contributed by atoms with Gasteiger partial charge in [-0.05, 0) is 26.0 Å². The van der Waals surface area contributed by atoms with Crippen molar-refractivity contribution < 1.29 is 14.3 Å². The number of carbonyl (C=O) groups is 2. The lowest BCUT2D eigenvalue weighted by molar-refractivity contribution is -0.121. The van der Waals surface area contributed by atoms with E-state index in [1.54, 1.807) is 4.90 Å². The number of thiazole rings is 1. The molecule has 0 unspecified atom stereocenters. The Hall–Kier alpha value is -2.99. The fraction of sp³-hybridized carbons (Fsp3) is 0.190. The number of amides is 1. The van der Waals surface area contributed by atoms with Gasteiger partial charge in [-0.25, -0.2) is 9.78 Å². The topological polar surface area (TPSA) is 59.5 Å². The van der Waals surface area contributed by atoms with Gasteiger partial charge in [-0.2, -0.15) is 0 Å². The average molecular weight is 380 g/mol. The van der Waals surface area contributed by atoms with Crippen LogP contribution in [0.5, 0.6) is 0 Å². The molecule has 0 radical (unpaired) electrons. The lowest BCUT2D eigenvalue weighted by atomic mass is 10.1. The summed E-state index contributed by atoms with van der Waals surface area (Å²) in [6, 6.07) is 18.8. The molecule has 0 N–H and O–H groups in total. The van der Waals surface area contributed by atoms with Gasteiger partial charge in [-0.3, -0.25) is 4.79 Å². The minimum atomic E-state index is -0.531. The average Bonchev–Trinajstić information content (AvgIpc) is 3.10. The van der Waals surface area contributed by atoms with Crippen LogP contribution in [0.25, 0.3) is 11.3 Å². The van der Waals surface area contributed by atoms with Crippen LogP contribution in [0.2, 0.25) is 0 Å². The van der Waals surface area contributed by atoms with Gasteiger partial charge in [0.05, 0.1) is 10.7 Å². The van der Waals surface area contributed by atoms with Crippen molar-refractivity contribution in [3.05, 3.63) is 70.5 Å². The third kappa shape index (κ3) is 4.41. The molecule has 27 heavy (non-hydrogen) atoms. The summed E-state index contributed by atoms with van der Waals surface area (Å²) in [6.45, 7) is 3.90. The van der Waals surface area contributed by atoms with Crippen LogP contribution in [0, 0.1) is 6.92 Å². The van der Waals surface area contributed by atoms with Crippen molar-refractivity contribution in [2.45, 2.75) is 13.8 Å². The SMILES string of the molecule is CCN(C(=O)COC(=O)c1sc(C)nc1-c1ccccc1)c1ccccc1. The van der Waals surface area contributed by atoms with E-state index in [1.165, 1.54) is 11.3 Å². The molecule has 0 saturated carbocycles. The van der Waals surface area contributed by atoms with Gasteiger partial charge in [0.15, 0.2) is 6.61 Å². The summed E-state index contributed by atoms with van der Waals surface area (Å²) in [7, 11) is 0. The second-order valence-electron chi connectivity index (χ2n) is 5.83. The molecule has 138 valence electrons. The Morgan fingerprint density at radius 2 is 1.67 bits per heavy atom. The monoisotopic (exact) mass is 380 g/mol. The first-order valence-electron chi connectivity index (χ1n) is 8.65. The van der Waals surface area contributed by atoms with Gasteiger partial charge in [0.1, 0.15) is 4.88 Å². The normalized spacial score (nSPS) is 10.4. The molecule has 0 aliphatic rings. The molecule has 0 aliphatic carbocycles. The molecular formula is C21H20N2O3S. The van der Waals surface area contributed by atoms with E-state index in [0.29, 0.717) is 17.1 Å². The second kappa shape index (κ2) is 8.60. The van der Waals surface area contributed by atoms with Crippen LogP contribution < -0.4 is 4.90 Å². The van der Waals surface area contributed by atoms with Crippen LogP contribution in [-0.4, -0.2) is 30.0 Å². The van der Waals surface area contributed by atoms with Crippen molar-refractivity contribution in [2.24, 2.45) is 0 Å². The number of hydrogen-bond donors (Lipinski definition) is 0. The molecule has 0 bridgehead atoms. The van der Waals surface area contributed by atoms with Crippen molar-refractivity contribution in [3.63, 3.8) is 0 Å². The zero-order valence-corrected chi connectivity index (χ0v) is 16.0. The zero-order valence-electron chi connectivity index (χ0n) is 15.2. The number of aromatic nitrogens is 1. The molecule has 0 atom stereocenters. The molecule has 6 heteroatoms. The van der Waals surface area contributed by atoms with E-state index in [2.05, 4.69) is 4.98 Å². The summed E-state index contributed by atoms with van der Waals surface area (Å²) in [5.41, 5.74) is 2.21. The maximum absolute atomic E-state index is 12.6.